The van der Waals surface area contributed by atoms with Gasteiger partial charge in [0.15, 0.2) is 0 Å². The fourth-order valence-electron chi connectivity index (χ4n) is 1.74. The number of benzene rings is 1. The molecule has 2 rings (SSSR count). The van der Waals surface area contributed by atoms with Crippen molar-refractivity contribution >= 4 is 10.9 Å². The SMILES string of the molecule is CC(C)(C)Cc1ccc2cncnc2c1. The van der Waals surface area contributed by atoms with Gasteiger partial charge in [0.05, 0.1) is 5.52 Å². The van der Waals surface area contributed by atoms with Crippen molar-refractivity contribution in [2.45, 2.75) is 27.2 Å². The molecule has 1 heterocycles. The number of hydrogen-bond acceptors (Lipinski definition) is 2. The Balaban J connectivity index is 2.39. The lowest BCUT2D eigenvalue weighted by Crippen LogP contribution is -2.08. The topological polar surface area (TPSA) is 25.8 Å². The molecule has 0 aliphatic heterocycles. The number of rotatable bonds is 1. The van der Waals surface area contributed by atoms with E-state index in [1.165, 1.54) is 5.56 Å². The summed E-state index contributed by atoms with van der Waals surface area (Å²) in [6, 6.07) is 6.41. The second kappa shape index (κ2) is 3.61. The minimum absolute atomic E-state index is 0.320. The highest BCUT2D eigenvalue weighted by Crippen LogP contribution is 2.22. The summed E-state index contributed by atoms with van der Waals surface area (Å²) in [4.78, 5) is 8.27. The molecule has 78 valence electrons. The Labute approximate surface area is 90.4 Å². The lowest BCUT2D eigenvalue weighted by atomic mass is 9.88. The van der Waals surface area contributed by atoms with E-state index in [1.807, 2.05) is 6.20 Å². The van der Waals surface area contributed by atoms with Crippen LogP contribution in [0.5, 0.6) is 0 Å². The van der Waals surface area contributed by atoms with Gasteiger partial charge in [0.2, 0.25) is 0 Å². The Hall–Kier alpha value is -1.44. The normalized spacial score (nSPS) is 11.9. The predicted molar refractivity (Wildman–Crippen MR) is 62.7 cm³/mol. The molecule has 0 fully saturated rings. The average Bonchev–Trinajstić information content (AvgIpc) is 2.15. The van der Waals surface area contributed by atoms with Crippen LogP contribution >= 0.6 is 0 Å². The lowest BCUT2D eigenvalue weighted by Gasteiger charge is -2.18. The van der Waals surface area contributed by atoms with Crippen LogP contribution in [0.25, 0.3) is 10.9 Å². The monoisotopic (exact) mass is 200 g/mol. The summed E-state index contributed by atoms with van der Waals surface area (Å²) in [5.41, 5.74) is 2.70. The first kappa shape index (κ1) is 10.1. The van der Waals surface area contributed by atoms with Gasteiger partial charge in [-0.15, -0.1) is 0 Å². The highest BCUT2D eigenvalue weighted by molar-refractivity contribution is 5.77. The molecule has 0 saturated heterocycles. The van der Waals surface area contributed by atoms with Crippen molar-refractivity contribution < 1.29 is 0 Å². The van der Waals surface area contributed by atoms with Crippen LogP contribution in [0.3, 0.4) is 0 Å². The first-order valence-corrected chi connectivity index (χ1v) is 5.23. The molecule has 2 heteroatoms. The Morgan fingerprint density at radius 3 is 2.73 bits per heavy atom. The first-order valence-electron chi connectivity index (χ1n) is 5.23. The lowest BCUT2D eigenvalue weighted by molar-refractivity contribution is 0.411. The third-order valence-corrected chi connectivity index (χ3v) is 2.31. The molecular formula is C13H16N2. The second-order valence-corrected chi connectivity index (χ2v) is 5.15. The third kappa shape index (κ3) is 2.52. The largest absolute Gasteiger partial charge is 0.244 e. The summed E-state index contributed by atoms with van der Waals surface area (Å²) < 4.78 is 0. The van der Waals surface area contributed by atoms with E-state index in [9.17, 15) is 0 Å². The summed E-state index contributed by atoms with van der Waals surface area (Å²) in [6.07, 6.45) is 4.53. The van der Waals surface area contributed by atoms with E-state index in [2.05, 4.69) is 48.9 Å². The molecule has 0 aliphatic carbocycles. The second-order valence-electron chi connectivity index (χ2n) is 5.15. The maximum atomic E-state index is 4.26. The molecule has 0 amide bonds. The molecule has 2 aromatic rings. The van der Waals surface area contributed by atoms with Gasteiger partial charge in [-0.2, -0.15) is 0 Å². The van der Waals surface area contributed by atoms with Crippen molar-refractivity contribution in [3.8, 4) is 0 Å². The van der Waals surface area contributed by atoms with Crippen molar-refractivity contribution in [1.29, 1.82) is 0 Å². The van der Waals surface area contributed by atoms with Gasteiger partial charge in [-0.1, -0.05) is 32.9 Å². The molecule has 0 unspecified atom stereocenters. The zero-order valence-electron chi connectivity index (χ0n) is 9.49. The molecule has 15 heavy (non-hydrogen) atoms. The van der Waals surface area contributed by atoms with Gasteiger partial charge in [0.1, 0.15) is 6.33 Å². The molecule has 0 radical (unpaired) electrons. The smallest absolute Gasteiger partial charge is 0.116 e. The summed E-state index contributed by atoms with van der Waals surface area (Å²) >= 11 is 0. The Morgan fingerprint density at radius 1 is 1.20 bits per heavy atom. The highest BCUT2D eigenvalue weighted by atomic mass is 14.8. The number of fused-ring (bicyclic) bond motifs is 1. The zero-order valence-corrected chi connectivity index (χ0v) is 9.49. The Bertz CT molecular complexity index is 469. The maximum absolute atomic E-state index is 4.26. The van der Waals surface area contributed by atoms with E-state index in [0.717, 1.165) is 17.3 Å². The van der Waals surface area contributed by atoms with Crippen molar-refractivity contribution in [3.05, 3.63) is 36.3 Å². The van der Waals surface area contributed by atoms with Gasteiger partial charge >= 0.3 is 0 Å². The van der Waals surface area contributed by atoms with Crippen molar-refractivity contribution in [2.24, 2.45) is 5.41 Å². The van der Waals surface area contributed by atoms with E-state index in [4.69, 9.17) is 0 Å². The van der Waals surface area contributed by atoms with Gasteiger partial charge in [-0.25, -0.2) is 9.97 Å². The van der Waals surface area contributed by atoms with E-state index >= 15 is 0 Å². The van der Waals surface area contributed by atoms with Gasteiger partial charge in [0.25, 0.3) is 0 Å². The molecular weight excluding hydrogens is 184 g/mol. The van der Waals surface area contributed by atoms with Crippen LogP contribution < -0.4 is 0 Å². The fraction of sp³-hybridized carbons (Fsp3) is 0.385. The molecule has 0 spiro atoms. The molecule has 0 atom stereocenters. The first-order chi connectivity index (χ1) is 7.04. The standard InChI is InChI=1S/C13H16N2/c1-13(2,3)7-10-4-5-11-8-14-9-15-12(11)6-10/h4-6,8-9H,7H2,1-3H3. The number of aromatic nitrogens is 2. The minimum Gasteiger partial charge on any atom is -0.244 e. The van der Waals surface area contributed by atoms with E-state index in [1.54, 1.807) is 6.33 Å². The van der Waals surface area contributed by atoms with E-state index in [0.29, 0.717) is 5.41 Å². The summed E-state index contributed by atoms with van der Waals surface area (Å²) in [7, 11) is 0. The number of hydrogen-bond donors (Lipinski definition) is 0. The average molecular weight is 200 g/mol. The molecule has 0 N–H and O–H groups in total. The third-order valence-electron chi connectivity index (χ3n) is 2.31. The summed E-state index contributed by atoms with van der Waals surface area (Å²) in [5.74, 6) is 0. The molecule has 0 aliphatic rings. The predicted octanol–water partition coefficient (Wildman–Crippen LogP) is 3.22. The summed E-state index contributed by atoms with van der Waals surface area (Å²) in [5, 5.41) is 1.11. The molecule has 2 nitrogen and oxygen atoms in total. The molecule has 1 aromatic heterocycles. The van der Waals surface area contributed by atoms with Crippen LogP contribution in [0.15, 0.2) is 30.7 Å². The Kier molecular flexibility index (Phi) is 2.43. The van der Waals surface area contributed by atoms with Crippen molar-refractivity contribution in [1.82, 2.24) is 9.97 Å². The number of nitrogens with zero attached hydrogens (tertiary/aromatic N) is 2. The summed E-state index contributed by atoms with van der Waals surface area (Å²) in [6.45, 7) is 6.74. The van der Waals surface area contributed by atoms with Crippen LogP contribution in [-0.4, -0.2) is 9.97 Å². The van der Waals surface area contributed by atoms with Gasteiger partial charge in [-0.05, 0) is 23.5 Å². The van der Waals surface area contributed by atoms with Crippen LogP contribution in [0.2, 0.25) is 0 Å². The highest BCUT2D eigenvalue weighted by Gasteiger charge is 2.11. The van der Waals surface area contributed by atoms with Crippen molar-refractivity contribution in [3.63, 3.8) is 0 Å². The van der Waals surface area contributed by atoms with Gasteiger partial charge in [0, 0.05) is 11.6 Å². The van der Waals surface area contributed by atoms with E-state index < -0.39 is 0 Å². The minimum atomic E-state index is 0.320. The quantitative estimate of drug-likeness (QED) is 0.706. The van der Waals surface area contributed by atoms with E-state index in [-0.39, 0.29) is 0 Å². The molecule has 0 bridgehead atoms. The van der Waals surface area contributed by atoms with Crippen molar-refractivity contribution in [2.75, 3.05) is 0 Å². The van der Waals surface area contributed by atoms with Gasteiger partial charge < -0.3 is 0 Å². The van der Waals surface area contributed by atoms with Crippen LogP contribution in [-0.2, 0) is 6.42 Å². The molecule has 0 saturated carbocycles. The fourth-order valence-corrected chi connectivity index (χ4v) is 1.74. The van der Waals surface area contributed by atoms with Crippen LogP contribution in [0.4, 0.5) is 0 Å². The molecule has 1 aromatic carbocycles. The van der Waals surface area contributed by atoms with Gasteiger partial charge in [-0.3, -0.25) is 0 Å². The Morgan fingerprint density at radius 2 is 2.00 bits per heavy atom. The van der Waals surface area contributed by atoms with Crippen LogP contribution in [0.1, 0.15) is 26.3 Å². The van der Waals surface area contributed by atoms with Crippen LogP contribution in [0, 0.1) is 5.41 Å². The maximum Gasteiger partial charge on any atom is 0.116 e. The zero-order chi connectivity index (χ0) is 10.9.